The number of piperidine rings is 2. The highest BCUT2D eigenvalue weighted by molar-refractivity contribution is 5.79. The zero-order valence-corrected chi connectivity index (χ0v) is 16.7. The molecule has 0 saturated carbocycles. The van der Waals surface area contributed by atoms with Gasteiger partial charge >= 0.3 is 0 Å². The van der Waals surface area contributed by atoms with E-state index in [9.17, 15) is 4.79 Å². The summed E-state index contributed by atoms with van der Waals surface area (Å²) in [6.07, 6.45) is 4.94. The Hall–Kier alpha value is -2.21. The third-order valence-electron chi connectivity index (χ3n) is 5.98. The lowest BCUT2D eigenvalue weighted by atomic mass is 9.93. The van der Waals surface area contributed by atoms with Gasteiger partial charge in [0.2, 0.25) is 11.8 Å². The Morgan fingerprint density at radius 1 is 1.14 bits per heavy atom. The Morgan fingerprint density at radius 3 is 2.68 bits per heavy atom. The molecule has 2 aliphatic heterocycles. The molecule has 3 heterocycles. The predicted octanol–water partition coefficient (Wildman–Crippen LogP) is 3.13. The molecule has 1 amide bonds. The van der Waals surface area contributed by atoms with Crippen molar-refractivity contribution in [2.75, 3.05) is 26.2 Å². The molecule has 150 valence electrons. The molecule has 0 aliphatic carbocycles. The van der Waals surface area contributed by atoms with Crippen molar-refractivity contribution in [3.05, 3.63) is 47.6 Å². The lowest BCUT2D eigenvalue weighted by Gasteiger charge is -2.36. The van der Waals surface area contributed by atoms with Crippen LogP contribution < -0.4 is 0 Å². The highest BCUT2D eigenvalue weighted by atomic mass is 16.5. The Bertz CT molecular complexity index is 768. The first-order chi connectivity index (χ1) is 13.7. The minimum atomic E-state index is 0.179. The van der Waals surface area contributed by atoms with E-state index >= 15 is 0 Å². The van der Waals surface area contributed by atoms with Crippen LogP contribution in [0, 0.1) is 11.8 Å². The molecule has 0 bridgehead atoms. The second-order valence-electron chi connectivity index (χ2n) is 8.35. The molecule has 0 N–H and O–H groups in total. The minimum absolute atomic E-state index is 0.179. The number of likely N-dealkylation sites (tertiary alicyclic amines) is 2. The number of benzene rings is 1. The summed E-state index contributed by atoms with van der Waals surface area (Å²) in [6.45, 7) is 6.62. The maximum atomic E-state index is 12.8. The molecule has 1 aromatic heterocycles. The van der Waals surface area contributed by atoms with Gasteiger partial charge in [0.15, 0.2) is 5.82 Å². The quantitative estimate of drug-likeness (QED) is 0.795. The van der Waals surface area contributed by atoms with E-state index in [2.05, 4.69) is 39.0 Å². The fourth-order valence-electron chi connectivity index (χ4n) is 4.38. The van der Waals surface area contributed by atoms with E-state index in [4.69, 9.17) is 4.52 Å². The molecule has 2 aliphatic rings. The van der Waals surface area contributed by atoms with Gasteiger partial charge in [-0.15, -0.1) is 0 Å². The van der Waals surface area contributed by atoms with Crippen LogP contribution in [0.15, 0.2) is 34.9 Å². The first-order valence-corrected chi connectivity index (χ1v) is 10.5. The van der Waals surface area contributed by atoms with Crippen LogP contribution in [0.1, 0.15) is 49.9 Å². The van der Waals surface area contributed by atoms with E-state index in [0.717, 1.165) is 51.3 Å². The van der Waals surface area contributed by atoms with E-state index in [1.165, 1.54) is 12.0 Å². The largest absolute Gasteiger partial charge is 0.342 e. The van der Waals surface area contributed by atoms with Crippen molar-refractivity contribution in [1.82, 2.24) is 19.9 Å². The van der Waals surface area contributed by atoms with Crippen molar-refractivity contribution in [3.63, 3.8) is 0 Å². The summed E-state index contributed by atoms with van der Waals surface area (Å²) < 4.78 is 5.44. The van der Waals surface area contributed by atoms with Crippen molar-refractivity contribution >= 4 is 5.91 Å². The summed E-state index contributed by atoms with van der Waals surface area (Å²) in [5.41, 5.74) is 1.18. The number of aromatic nitrogens is 2. The molecule has 1 aromatic carbocycles. The zero-order valence-electron chi connectivity index (χ0n) is 16.7. The first kappa shape index (κ1) is 19.1. The standard InChI is InChI=1S/C22H30N4O2/c1-17-6-5-11-26(15-17)22(27)19-9-12-25(13-10-19)16-21-23-20(24-28-21)14-18-7-3-2-4-8-18/h2-4,7-8,17,19H,5-6,9-16H2,1H3/t17-/m0/s1. The van der Waals surface area contributed by atoms with Gasteiger partial charge in [-0.25, -0.2) is 0 Å². The van der Waals surface area contributed by atoms with Crippen molar-refractivity contribution in [2.24, 2.45) is 11.8 Å². The van der Waals surface area contributed by atoms with Crippen LogP contribution in [0.2, 0.25) is 0 Å². The molecule has 0 spiro atoms. The summed E-state index contributed by atoms with van der Waals surface area (Å²) in [5, 5.41) is 4.11. The molecule has 0 unspecified atom stereocenters. The van der Waals surface area contributed by atoms with Crippen LogP contribution >= 0.6 is 0 Å². The molecule has 2 saturated heterocycles. The fraction of sp³-hybridized carbons (Fsp3) is 0.591. The summed E-state index contributed by atoms with van der Waals surface area (Å²) in [4.78, 5) is 21.8. The summed E-state index contributed by atoms with van der Waals surface area (Å²) in [7, 11) is 0. The van der Waals surface area contributed by atoms with Gasteiger partial charge in [-0.2, -0.15) is 4.98 Å². The normalized spacial score (nSPS) is 21.8. The molecular weight excluding hydrogens is 352 g/mol. The van der Waals surface area contributed by atoms with Gasteiger partial charge in [-0.1, -0.05) is 42.4 Å². The van der Waals surface area contributed by atoms with E-state index in [-0.39, 0.29) is 5.92 Å². The molecule has 0 radical (unpaired) electrons. The van der Waals surface area contributed by atoms with Crippen molar-refractivity contribution in [2.45, 2.75) is 45.6 Å². The SMILES string of the molecule is C[C@H]1CCCN(C(=O)C2CCN(Cc3nc(Cc4ccccc4)no3)CC2)C1. The summed E-state index contributed by atoms with van der Waals surface area (Å²) >= 11 is 0. The van der Waals surface area contributed by atoms with Crippen LogP contribution in [-0.2, 0) is 17.8 Å². The second kappa shape index (κ2) is 8.86. The van der Waals surface area contributed by atoms with Gasteiger partial charge in [0.25, 0.3) is 0 Å². The highest BCUT2D eigenvalue weighted by Crippen LogP contribution is 2.24. The average molecular weight is 383 g/mol. The van der Waals surface area contributed by atoms with Gasteiger partial charge in [0.1, 0.15) is 0 Å². The Morgan fingerprint density at radius 2 is 1.93 bits per heavy atom. The topological polar surface area (TPSA) is 62.5 Å². The Kier molecular flexibility index (Phi) is 6.05. The summed E-state index contributed by atoms with van der Waals surface area (Å²) in [5.74, 6) is 2.58. The first-order valence-electron chi connectivity index (χ1n) is 10.5. The zero-order chi connectivity index (χ0) is 19.3. The van der Waals surface area contributed by atoms with E-state index in [1.54, 1.807) is 0 Å². The summed E-state index contributed by atoms with van der Waals surface area (Å²) in [6, 6.07) is 10.2. The van der Waals surface area contributed by atoms with Crippen LogP contribution in [-0.4, -0.2) is 52.0 Å². The molecular formula is C22H30N4O2. The number of amides is 1. The van der Waals surface area contributed by atoms with E-state index in [0.29, 0.717) is 30.7 Å². The molecule has 1 atom stereocenters. The van der Waals surface area contributed by atoms with Gasteiger partial charge in [0, 0.05) is 25.4 Å². The van der Waals surface area contributed by atoms with Gasteiger partial charge in [0.05, 0.1) is 6.54 Å². The number of hydrogen-bond acceptors (Lipinski definition) is 5. The van der Waals surface area contributed by atoms with Crippen molar-refractivity contribution in [1.29, 1.82) is 0 Å². The van der Waals surface area contributed by atoms with Crippen LogP contribution in [0.3, 0.4) is 0 Å². The van der Waals surface area contributed by atoms with Crippen molar-refractivity contribution in [3.8, 4) is 0 Å². The third-order valence-corrected chi connectivity index (χ3v) is 5.98. The van der Waals surface area contributed by atoms with Crippen LogP contribution in [0.5, 0.6) is 0 Å². The number of rotatable bonds is 5. The van der Waals surface area contributed by atoms with Gasteiger partial charge in [-0.3, -0.25) is 9.69 Å². The molecule has 28 heavy (non-hydrogen) atoms. The number of nitrogens with zero attached hydrogens (tertiary/aromatic N) is 4. The van der Waals surface area contributed by atoms with E-state index < -0.39 is 0 Å². The smallest absolute Gasteiger partial charge is 0.240 e. The number of hydrogen-bond donors (Lipinski definition) is 0. The molecule has 6 nitrogen and oxygen atoms in total. The van der Waals surface area contributed by atoms with Crippen LogP contribution in [0.4, 0.5) is 0 Å². The maximum absolute atomic E-state index is 12.8. The Labute approximate surface area is 166 Å². The molecule has 6 heteroatoms. The van der Waals surface area contributed by atoms with Crippen LogP contribution in [0.25, 0.3) is 0 Å². The fourth-order valence-corrected chi connectivity index (χ4v) is 4.38. The second-order valence-corrected chi connectivity index (χ2v) is 8.35. The predicted molar refractivity (Wildman–Crippen MR) is 107 cm³/mol. The average Bonchev–Trinajstić information content (AvgIpc) is 3.15. The third kappa shape index (κ3) is 4.79. The van der Waals surface area contributed by atoms with Gasteiger partial charge < -0.3 is 9.42 Å². The molecule has 4 rings (SSSR count). The highest BCUT2D eigenvalue weighted by Gasteiger charge is 2.30. The van der Waals surface area contributed by atoms with Crippen molar-refractivity contribution < 1.29 is 9.32 Å². The molecule has 2 fully saturated rings. The lowest BCUT2D eigenvalue weighted by molar-refractivity contribution is -0.138. The van der Waals surface area contributed by atoms with E-state index in [1.807, 2.05) is 18.2 Å². The Balaban J connectivity index is 1.25. The number of carbonyl (C=O) groups excluding carboxylic acids is 1. The minimum Gasteiger partial charge on any atom is -0.342 e. The van der Waals surface area contributed by atoms with Gasteiger partial charge in [-0.05, 0) is 50.3 Å². The lowest BCUT2D eigenvalue weighted by Crippen LogP contribution is -2.45. The molecule has 2 aromatic rings. The maximum Gasteiger partial charge on any atom is 0.240 e. The number of carbonyl (C=O) groups is 1. The monoisotopic (exact) mass is 382 g/mol.